The molecule has 4 nitrogen and oxygen atoms in total. The first kappa shape index (κ1) is 20.4. The number of nitrogens with zero attached hydrogens (tertiary/aromatic N) is 1. The van der Waals surface area contributed by atoms with E-state index in [9.17, 15) is 13.2 Å². The van der Waals surface area contributed by atoms with Crippen LogP contribution < -0.4 is 15.9 Å². The summed E-state index contributed by atoms with van der Waals surface area (Å²) in [6.45, 7) is 2.14. The Morgan fingerprint density at radius 3 is 2.64 bits per heavy atom. The van der Waals surface area contributed by atoms with Gasteiger partial charge in [0.25, 0.3) is 0 Å². The van der Waals surface area contributed by atoms with Crippen molar-refractivity contribution in [3.63, 3.8) is 0 Å². The Kier molecular flexibility index (Phi) is 7.86. The fourth-order valence-electron chi connectivity index (χ4n) is 2.37. The van der Waals surface area contributed by atoms with Crippen molar-refractivity contribution in [2.24, 2.45) is 11.7 Å². The largest absolute Gasteiger partial charge is 0.493 e. The van der Waals surface area contributed by atoms with Gasteiger partial charge in [0.15, 0.2) is 0 Å². The highest BCUT2D eigenvalue weighted by molar-refractivity contribution is 7.77. The molecule has 25 heavy (non-hydrogen) atoms. The van der Waals surface area contributed by atoms with Crippen molar-refractivity contribution < 1.29 is 17.9 Å². The molecule has 0 radical (unpaired) electrons. The number of ether oxygens (including phenoxy) is 1. The number of nitrogens with one attached hydrogen (secondary N) is 1. The van der Waals surface area contributed by atoms with Crippen LogP contribution in [0.5, 0.6) is 5.75 Å². The number of thiol groups is 1. The number of halogens is 3. The first-order valence-corrected chi connectivity index (χ1v) is 9.03. The summed E-state index contributed by atoms with van der Waals surface area (Å²) < 4.78 is 46.4. The molecule has 1 aliphatic carbocycles. The van der Waals surface area contributed by atoms with Crippen LogP contribution in [0.2, 0.25) is 0 Å². The first-order chi connectivity index (χ1) is 11.9. The highest BCUT2D eigenvalue weighted by Gasteiger charge is 2.35. The Hall–Kier alpha value is -0.960. The van der Waals surface area contributed by atoms with Gasteiger partial charge in [-0.3, -0.25) is 0 Å². The lowest BCUT2D eigenvalue weighted by molar-refractivity contribution is -0.139. The molecule has 142 valence electrons. The van der Waals surface area contributed by atoms with Gasteiger partial charge in [-0.05, 0) is 55.8 Å². The van der Waals surface area contributed by atoms with E-state index in [0.29, 0.717) is 25.6 Å². The van der Waals surface area contributed by atoms with Gasteiger partial charge in [0.05, 0.1) is 12.2 Å². The van der Waals surface area contributed by atoms with Crippen LogP contribution >= 0.6 is 12.8 Å². The molecule has 0 aliphatic heterocycles. The number of nitrogens with two attached hydrogens (primary N) is 1. The Bertz CT molecular complexity index is 538. The fraction of sp³-hybridized carbons (Fsp3) is 0.647. The van der Waals surface area contributed by atoms with Crippen molar-refractivity contribution in [1.29, 1.82) is 0 Å². The van der Waals surface area contributed by atoms with Gasteiger partial charge in [-0.15, -0.1) is 0 Å². The lowest BCUT2D eigenvalue weighted by atomic mass is 10.1. The minimum atomic E-state index is -4.41. The van der Waals surface area contributed by atoms with Gasteiger partial charge in [-0.1, -0.05) is 25.3 Å². The molecule has 1 aliphatic rings. The third-order valence-electron chi connectivity index (χ3n) is 4.06. The van der Waals surface area contributed by atoms with Crippen LogP contribution in [0.3, 0.4) is 0 Å². The third kappa shape index (κ3) is 7.43. The van der Waals surface area contributed by atoms with Crippen LogP contribution in [-0.4, -0.2) is 24.1 Å². The van der Waals surface area contributed by atoms with Crippen LogP contribution in [0.4, 0.5) is 13.2 Å². The number of hydrogen-bond acceptors (Lipinski definition) is 5. The zero-order valence-electron chi connectivity index (χ0n) is 14.2. The first-order valence-electron chi connectivity index (χ1n) is 8.63. The Labute approximate surface area is 152 Å². The molecular weight excluding hydrogens is 351 g/mol. The van der Waals surface area contributed by atoms with Crippen molar-refractivity contribution in [2.45, 2.75) is 44.8 Å². The predicted molar refractivity (Wildman–Crippen MR) is 95.1 cm³/mol. The molecule has 0 spiro atoms. The van der Waals surface area contributed by atoms with E-state index >= 15 is 0 Å². The summed E-state index contributed by atoms with van der Waals surface area (Å²) in [5.41, 5.74) is 8.51. The van der Waals surface area contributed by atoms with Gasteiger partial charge in [-0.25, -0.2) is 5.43 Å². The van der Waals surface area contributed by atoms with E-state index in [1.54, 1.807) is 4.41 Å². The molecule has 8 heteroatoms. The SMILES string of the molecule is NCCCCCN(S)NCc1ccc(C(F)(F)F)c(OCC2CC2)c1. The maximum absolute atomic E-state index is 13.1. The summed E-state index contributed by atoms with van der Waals surface area (Å²) in [6.07, 6.45) is 0.597. The van der Waals surface area contributed by atoms with E-state index in [4.69, 9.17) is 10.5 Å². The Morgan fingerprint density at radius 2 is 2.00 bits per heavy atom. The fourth-order valence-corrected chi connectivity index (χ4v) is 2.58. The molecule has 2 rings (SSSR count). The molecule has 0 heterocycles. The van der Waals surface area contributed by atoms with Gasteiger partial charge in [0.2, 0.25) is 0 Å². The predicted octanol–water partition coefficient (Wildman–Crippen LogP) is 3.77. The molecule has 1 aromatic carbocycles. The minimum absolute atomic E-state index is 0.0904. The Morgan fingerprint density at radius 1 is 1.24 bits per heavy atom. The zero-order valence-corrected chi connectivity index (χ0v) is 15.1. The number of alkyl halides is 3. The maximum atomic E-state index is 13.1. The Balaban J connectivity index is 1.90. The van der Waals surface area contributed by atoms with Crippen molar-refractivity contribution in [2.75, 3.05) is 19.7 Å². The highest BCUT2D eigenvalue weighted by atomic mass is 32.1. The van der Waals surface area contributed by atoms with E-state index in [1.807, 2.05) is 0 Å². The standard InChI is InChI=1S/C17H26F3N3OS/c18-17(19,20)15-7-6-14(10-16(15)24-12-13-4-5-13)11-22-23(25)9-3-1-2-8-21/h6-7,10,13,22,25H,1-5,8-9,11-12,21H2. The number of unbranched alkanes of at least 4 members (excludes halogenated alkanes) is 2. The van der Waals surface area contributed by atoms with E-state index < -0.39 is 11.7 Å². The summed E-state index contributed by atoms with van der Waals surface area (Å²) in [5.74, 6) is 0.302. The van der Waals surface area contributed by atoms with Crippen molar-refractivity contribution in [3.8, 4) is 5.75 Å². The molecule has 0 atom stereocenters. The lowest BCUT2D eigenvalue weighted by Gasteiger charge is -2.18. The van der Waals surface area contributed by atoms with E-state index in [-0.39, 0.29) is 5.75 Å². The maximum Gasteiger partial charge on any atom is 0.419 e. The topological polar surface area (TPSA) is 50.5 Å². The molecule has 0 bridgehead atoms. The van der Waals surface area contributed by atoms with Gasteiger partial charge in [0, 0.05) is 13.1 Å². The van der Waals surface area contributed by atoms with E-state index in [1.165, 1.54) is 12.1 Å². The van der Waals surface area contributed by atoms with Crippen molar-refractivity contribution >= 4 is 12.8 Å². The monoisotopic (exact) mass is 377 g/mol. The normalized spacial score (nSPS) is 15.0. The summed E-state index contributed by atoms with van der Waals surface area (Å²) in [6, 6.07) is 4.02. The van der Waals surface area contributed by atoms with Gasteiger partial charge < -0.3 is 10.5 Å². The molecule has 0 unspecified atom stereocenters. The number of hydrogen-bond donors (Lipinski definition) is 3. The van der Waals surface area contributed by atoms with Gasteiger partial charge in [0.1, 0.15) is 5.75 Å². The van der Waals surface area contributed by atoms with Crippen LogP contribution in [0, 0.1) is 5.92 Å². The number of hydrazine groups is 1. The minimum Gasteiger partial charge on any atom is -0.493 e. The van der Waals surface area contributed by atoms with Crippen LogP contribution in [-0.2, 0) is 12.7 Å². The summed E-state index contributed by atoms with van der Waals surface area (Å²) in [7, 11) is 0. The molecule has 0 amide bonds. The average molecular weight is 377 g/mol. The molecule has 1 fully saturated rings. The lowest BCUT2D eigenvalue weighted by Crippen LogP contribution is -2.30. The molecule has 0 saturated heterocycles. The van der Waals surface area contributed by atoms with Crippen molar-refractivity contribution in [1.82, 2.24) is 9.84 Å². The second kappa shape index (κ2) is 9.66. The summed E-state index contributed by atoms with van der Waals surface area (Å²) in [4.78, 5) is 0. The van der Waals surface area contributed by atoms with E-state index in [2.05, 4.69) is 18.2 Å². The van der Waals surface area contributed by atoms with Gasteiger partial charge >= 0.3 is 6.18 Å². The van der Waals surface area contributed by atoms with Crippen LogP contribution in [0.15, 0.2) is 18.2 Å². The number of benzene rings is 1. The van der Waals surface area contributed by atoms with E-state index in [0.717, 1.165) is 50.3 Å². The zero-order chi connectivity index (χ0) is 18.3. The second-order valence-electron chi connectivity index (χ2n) is 6.39. The molecular formula is C17H26F3N3OS. The second-order valence-corrected chi connectivity index (χ2v) is 6.87. The molecule has 1 aromatic rings. The number of rotatable bonds is 11. The summed E-state index contributed by atoms with van der Waals surface area (Å²) >= 11 is 4.31. The van der Waals surface area contributed by atoms with Gasteiger partial charge in [-0.2, -0.15) is 17.6 Å². The molecule has 1 saturated carbocycles. The quantitative estimate of drug-likeness (QED) is 0.312. The van der Waals surface area contributed by atoms with Crippen LogP contribution in [0.25, 0.3) is 0 Å². The molecule has 3 N–H and O–H groups in total. The van der Waals surface area contributed by atoms with Crippen molar-refractivity contribution in [3.05, 3.63) is 29.3 Å². The smallest absolute Gasteiger partial charge is 0.419 e. The van der Waals surface area contributed by atoms with Crippen LogP contribution in [0.1, 0.15) is 43.2 Å². The summed E-state index contributed by atoms with van der Waals surface area (Å²) in [5, 5.41) is 0. The average Bonchev–Trinajstić information content (AvgIpc) is 3.38. The molecule has 0 aromatic heterocycles. The third-order valence-corrected chi connectivity index (χ3v) is 4.40. The highest BCUT2D eigenvalue weighted by Crippen LogP contribution is 2.38.